The highest BCUT2D eigenvalue weighted by Crippen LogP contribution is 2.52. The van der Waals surface area contributed by atoms with Crippen molar-refractivity contribution in [3.8, 4) is 0 Å². The normalized spacial score (nSPS) is 17.5. The lowest BCUT2D eigenvalue weighted by Gasteiger charge is -2.44. The fraction of sp³-hybridized carbons (Fsp3) is 0.500. The minimum absolute atomic E-state index is 0.151. The van der Waals surface area contributed by atoms with Gasteiger partial charge in [-0.1, -0.05) is 26.0 Å². The van der Waals surface area contributed by atoms with Gasteiger partial charge >= 0.3 is 0 Å². The predicted molar refractivity (Wildman–Crippen MR) is 134 cm³/mol. The van der Waals surface area contributed by atoms with Gasteiger partial charge in [-0.15, -0.1) is 21.6 Å². The molecule has 1 aliphatic rings. The largest absolute Gasteiger partial charge is 0.367 e. The Balaban J connectivity index is 1.67. The Bertz CT molecular complexity index is 887. The van der Waals surface area contributed by atoms with Gasteiger partial charge in [0.1, 0.15) is 11.6 Å². The molecular formula is C22H35FN4O4S2. The highest BCUT2D eigenvalue weighted by Gasteiger charge is 2.28. The number of hydrogen-bond donors (Lipinski definition) is 5. The molecule has 0 aliphatic carbocycles. The average Bonchev–Trinajstić information content (AvgIpc) is 2.74. The summed E-state index contributed by atoms with van der Waals surface area (Å²) in [5.41, 5.74) is 0.790. The highest BCUT2D eigenvalue weighted by molar-refractivity contribution is 8.22. The number of nitrogens with zero attached hydrogens (tertiary/aromatic N) is 3. The minimum atomic E-state index is -3.29. The smallest absolute Gasteiger partial charge is 0.126 e. The van der Waals surface area contributed by atoms with E-state index in [1.165, 1.54) is 24.6 Å². The van der Waals surface area contributed by atoms with Crippen molar-refractivity contribution in [1.29, 1.82) is 0 Å². The predicted octanol–water partition coefficient (Wildman–Crippen LogP) is 5.58. The van der Waals surface area contributed by atoms with Crippen molar-refractivity contribution >= 4 is 27.4 Å². The Hall–Kier alpha value is -1.44. The molecule has 1 fully saturated rings. The van der Waals surface area contributed by atoms with Gasteiger partial charge in [0.25, 0.3) is 0 Å². The van der Waals surface area contributed by atoms with Crippen LogP contribution in [0.25, 0.3) is 0 Å². The van der Waals surface area contributed by atoms with Crippen LogP contribution in [0.15, 0.2) is 47.5 Å². The quantitative estimate of drug-likeness (QED) is 0.302. The summed E-state index contributed by atoms with van der Waals surface area (Å²) in [7, 11) is -5.96. The molecule has 5 N–H and O–H groups in total. The molecule has 2 aromatic rings. The highest BCUT2D eigenvalue weighted by atomic mass is 32.3. The molecule has 1 aromatic carbocycles. The lowest BCUT2D eigenvalue weighted by Crippen LogP contribution is -2.40. The lowest BCUT2D eigenvalue weighted by atomic mass is 10.1. The third-order valence-corrected chi connectivity index (χ3v) is 8.76. The molecule has 1 saturated heterocycles. The number of aromatic nitrogens is 1. The van der Waals surface area contributed by atoms with Crippen LogP contribution in [-0.2, 0) is 6.54 Å². The van der Waals surface area contributed by atoms with Crippen LogP contribution in [0.2, 0.25) is 0 Å². The molecule has 2 heterocycles. The zero-order chi connectivity index (χ0) is 24.2. The van der Waals surface area contributed by atoms with Crippen LogP contribution in [0, 0.1) is 11.7 Å². The van der Waals surface area contributed by atoms with Crippen LogP contribution in [0.1, 0.15) is 32.3 Å². The van der Waals surface area contributed by atoms with E-state index in [9.17, 15) is 22.6 Å². The standard InChI is InChI=1S/C22H35FN4O4S2/c1-17(2)15-27(16-18-4-6-19(23)7-5-18)33(30,31)21-8-9-22(24-14-21)25-20-10-12-26(13-11-20)32(3,28)29/h4-9,14,17,20,28-31H,10-13,15-16H2,1-3H3,(H,24,25). The summed E-state index contributed by atoms with van der Waals surface area (Å²) in [4.78, 5) is 4.72. The van der Waals surface area contributed by atoms with Crippen molar-refractivity contribution in [2.24, 2.45) is 5.92 Å². The van der Waals surface area contributed by atoms with Gasteiger partial charge in [0.05, 0.1) is 11.1 Å². The summed E-state index contributed by atoms with van der Waals surface area (Å²) in [5.74, 6) is 0.490. The van der Waals surface area contributed by atoms with Gasteiger partial charge in [0, 0.05) is 38.5 Å². The van der Waals surface area contributed by atoms with Gasteiger partial charge in [0.2, 0.25) is 0 Å². The molecule has 11 heteroatoms. The summed E-state index contributed by atoms with van der Waals surface area (Å²) in [6.45, 7) is 5.90. The van der Waals surface area contributed by atoms with Crippen LogP contribution in [0.3, 0.4) is 0 Å². The topological polar surface area (TPSA) is 112 Å². The van der Waals surface area contributed by atoms with E-state index in [4.69, 9.17) is 0 Å². The molecule has 0 unspecified atom stereocenters. The lowest BCUT2D eigenvalue weighted by molar-refractivity contribution is 0.296. The van der Waals surface area contributed by atoms with E-state index in [1.54, 1.807) is 32.9 Å². The van der Waals surface area contributed by atoms with Gasteiger partial charge in [-0.05, 0) is 48.6 Å². The number of rotatable bonds is 9. The fourth-order valence-electron chi connectivity index (χ4n) is 3.79. The molecule has 0 radical (unpaired) electrons. The number of halogens is 1. The van der Waals surface area contributed by atoms with Crippen molar-refractivity contribution in [3.63, 3.8) is 0 Å². The Labute approximate surface area is 198 Å². The van der Waals surface area contributed by atoms with E-state index in [0.717, 1.165) is 18.4 Å². The molecule has 0 saturated carbocycles. The van der Waals surface area contributed by atoms with E-state index < -0.39 is 21.6 Å². The van der Waals surface area contributed by atoms with E-state index in [0.29, 0.717) is 30.3 Å². The van der Waals surface area contributed by atoms with E-state index >= 15 is 0 Å². The Morgan fingerprint density at radius 2 is 1.73 bits per heavy atom. The van der Waals surface area contributed by atoms with Crippen LogP contribution in [0.4, 0.5) is 10.2 Å². The van der Waals surface area contributed by atoms with Crippen LogP contribution in [-0.4, -0.2) is 63.7 Å². The van der Waals surface area contributed by atoms with Crippen molar-refractivity contribution < 1.29 is 22.6 Å². The van der Waals surface area contributed by atoms with Crippen LogP contribution >= 0.6 is 21.6 Å². The third kappa shape index (κ3) is 7.27. The number of nitrogens with one attached hydrogen (secondary N) is 1. The Kier molecular flexibility index (Phi) is 8.62. The maximum Gasteiger partial charge on any atom is 0.126 e. The SMILES string of the molecule is CC(C)CN(Cc1ccc(F)cc1)S(O)(O)c1ccc(NC2CCN(S(C)(O)O)CC2)nc1. The summed E-state index contributed by atoms with van der Waals surface area (Å²) in [6, 6.07) is 9.57. The van der Waals surface area contributed by atoms with Gasteiger partial charge in [-0.2, -0.15) is 4.31 Å². The molecule has 0 atom stereocenters. The van der Waals surface area contributed by atoms with Crippen molar-refractivity contribution in [2.75, 3.05) is 31.2 Å². The molecule has 8 nitrogen and oxygen atoms in total. The summed E-state index contributed by atoms with van der Waals surface area (Å²) in [5, 5.41) is 3.34. The maximum absolute atomic E-state index is 13.3. The summed E-state index contributed by atoms with van der Waals surface area (Å²) in [6.07, 6.45) is 4.43. The second-order valence-electron chi connectivity index (χ2n) is 8.88. The van der Waals surface area contributed by atoms with Crippen LogP contribution in [0.5, 0.6) is 0 Å². The molecule has 0 spiro atoms. The first kappa shape index (κ1) is 26.2. The molecule has 0 amide bonds. The third-order valence-electron chi connectivity index (χ3n) is 5.55. The van der Waals surface area contributed by atoms with Crippen molar-refractivity contribution in [1.82, 2.24) is 13.6 Å². The second-order valence-corrected chi connectivity index (χ2v) is 13.0. The molecule has 186 valence electrons. The molecule has 3 rings (SSSR count). The Morgan fingerprint density at radius 3 is 2.24 bits per heavy atom. The monoisotopic (exact) mass is 502 g/mol. The molecule has 33 heavy (non-hydrogen) atoms. The van der Waals surface area contributed by atoms with E-state index in [1.807, 2.05) is 13.8 Å². The molecule has 0 bridgehead atoms. The number of hydrogen-bond acceptors (Lipinski definition) is 8. The Morgan fingerprint density at radius 1 is 1.09 bits per heavy atom. The zero-order valence-corrected chi connectivity index (χ0v) is 20.9. The van der Waals surface area contributed by atoms with Crippen molar-refractivity contribution in [2.45, 2.75) is 44.2 Å². The molecule has 1 aromatic heterocycles. The van der Waals surface area contributed by atoms with Crippen LogP contribution < -0.4 is 5.32 Å². The summed E-state index contributed by atoms with van der Waals surface area (Å²) >= 11 is 0. The first-order chi connectivity index (χ1) is 15.4. The first-order valence-electron chi connectivity index (χ1n) is 10.9. The maximum atomic E-state index is 13.3. The van der Waals surface area contributed by atoms with Gasteiger partial charge in [-0.25, -0.2) is 13.7 Å². The van der Waals surface area contributed by atoms with E-state index in [-0.39, 0.29) is 24.3 Å². The second kappa shape index (κ2) is 10.9. The average molecular weight is 503 g/mol. The zero-order valence-electron chi connectivity index (χ0n) is 19.3. The first-order valence-corrected chi connectivity index (χ1v) is 14.4. The minimum Gasteiger partial charge on any atom is -0.367 e. The molecular weight excluding hydrogens is 467 g/mol. The number of anilines is 1. The fourth-order valence-corrected chi connectivity index (χ4v) is 6.27. The number of benzene rings is 1. The molecule has 1 aliphatic heterocycles. The van der Waals surface area contributed by atoms with Gasteiger partial charge < -0.3 is 5.32 Å². The summed E-state index contributed by atoms with van der Waals surface area (Å²) < 4.78 is 58.4. The number of piperidine rings is 1. The van der Waals surface area contributed by atoms with Gasteiger partial charge in [-0.3, -0.25) is 18.2 Å². The van der Waals surface area contributed by atoms with Gasteiger partial charge in [0.15, 0.2) is 0 Å². The van der Waals surface area contributed by atoms with E-state index in [2.05, 4.69) is 10.3 Å². The van der Waals surface area contributed by atoms with Crippen molar-refractivity contribution in [3.05, 3.63) is 54.0 Å². The number of pyridine rings is 1.